The largest absolute Gasteiger partial charge is 0.495 e. The molecule has 0 bridgehead atoms. The van der Waals surface area contributed by atoms with Crippen LogP contribution >= 0.6 is 11.6 Å². The summed E-state index contributed by atoms with van der Waals surface area (Å²) in [6.07, 6.45) is 0.0335. The SMILES string of the molecule is COc1ccc(Cl)cc1NC(=O)CCN(C(C)=O)c1cccc(F)c1. The molecule has 7 heteroatoms. The van der Waals surface area contributed by atoms with E-state index in [-0.39, 0.29) is 24.8 Å². The maximum absolute atomic E-state index is 13.4. The summed E-state index contributed by atoms with van der Waals surface area (Å²) in [6.45, 7) is 1.48. The molecule has 2 aromatic rings. The van der Waals surface area contributed by atoms with Crippen LogP contribution < -0.4 is 15.0 Å². The van der Waals surface area contributed by atoms with Crippen molar-refractivity contribution in [3.8, 4) is 5.75 Å². The van der Waals surface area contributed by atoms with Crippen molar-refractivity contribution in [2.45, 2.75) is 13.3 Å². The van der Waals surface area contributed by atoms with Gasteiger partial charge in [-0.05, 0) is 36.4 Å². The van der Waals surface area contributed by atoms with Crippen LogP contribution in [0.25, 0.3) is 0 Å². The molecule has 2 rings (SSSR count). The van der Waals surface area contributed by atoms with E-state index in [1.165, 1.54) is 37.1 Å². The fourth-order valence-corrected chi connectivity index (χ4v) is 2.49. The Labute approximate surface area is 150 Å². The summed E-state index contributed by atoms with van der Waals surface area (Å²) in [7, 11) is 1.49. The van der Waals surface area contributed by atoms with Crippen molar-refractivity contribution in [3.63, 3.8) is 0 Å². The summed E-state index contributed by atoms with van der Waals surface area (Å²) in [5, 5.41) is 3.16. The van der Waals surface area contributed by atoms with Crippen molar-refractivity contribution >= 4 is 34.8 Å². The predicted octanol–water partition coefficient (Wildman–Crippen LogP) is 3.87. The Kier molecular flexibility index (Phi) is 6.36. The summed E-state index contributed by atoms with van der Waals surface area (Å²) >= 11 is 5.93. The topological polar surface area (TPSA) is 58.6 Å². The molecule has 0 saturated carbocycles. The molecule has 0 aliphatic rings. The van der Waals surface area contributed by atoms with Crippen LogP contribution in [0.15, 0.2) is 42.5 Å². The number of anilines is 2. The first-order valence-corrected chi connectivity index (χ1v) is 7.95. The maximum Gasteiger partial charge on any atom is 0.226 e. The van der Waals surface area contributed by atoms with Crippen molar-refractivity contribution in [1.82, 2.24) is 0 Å². The highest BCUT2D eigenvalue weighted by molar-refractivity contribution is 6.31. The first-order valence-electron chi connectivity index (χ1n) is 7.57. The molecule has 132 valence electrons. The second-order valence-corrected chi connectivity index (χ2v) is 5.73. The van der Waals surface area contributed by atoms with Gasteiger partial charge in [0, 0.05) is 30.6 Å². The van der Waals surface area contributed by atoms with Gasteiger partial charge < -0.3 is 15.0 Å². The Morgan fingerprint density at radius 1 is 1.24 bits per heavy atom. The minimum absolute atomic E-state index is 0.0335. The van der Waals surface area contributed by atoms with Gasteiger partial charge in [-0.25, -0.2) is 4.39 Å². The predicted molar refractivity (Wildman–Crippen MR) is 95.7 cm³/mol. The maximum atomic E-state index is 13.4. The Hall–Kier alpha value is -2.60. The second-order valence-electron chi connectivity index (χ2n) is 5.29. The lowest BCUT2D eigenvalue weighted by Crippen LogP contribution is -2.32. The van der Waals surface area contributed by atoms with E-state index in [9.17, 15) is 14.0 Å². The third kappa shape index (κ3) is 5.19. The van der Waals surface area contributed by atoms with Gasteiger partial charge in [-0.3, -0.25) is 9.59 Å². The lowest BCUT2D eigenvalue weighted by molar-refractivity contribution is -0.117. The van der Waals surface area contributed by atoms with Crippen LogP contribution in [0.4, 0.5) is 15.8 Å². The van der Waals surface area contributed by atoms with E-state index in [0.717, 1.165) is 0 Å². The number of hydrogen-bond acceptors (Lipinski definition) is 3. The molecular formula is C18H18ClFN2O3. The number of carbonyl (C=O) groups is 2. The van der Waals surface area contributed by atoms with Gasteiger partial charge in [0.25, 0.3) is 0 Å². The van der Waals surface area contributed by atoms with Gasteiger partial charge in [0.2, 0.25) is 11.8 Å². The van der Waals surface area contributed by atoms with Crippen molar-refractivity contribution in [3.05, 3.63) is 53.3 Å². The van der Waals surface area contributed by atoms with Crippen molar-refractivity contribution in [2.24, 2.45) is 0 Å². The van der Waals surface area contributed by atoms with Crippen LogP contribution in [0, 0.1) is 5.82 Å². The molecule has 0 unspecified atom stereocenters. The van der Waals surface area contributed by atoms with Gasteiger partial charge in [0.1, 0.15) is 11.6 Å². The molecule has 0 radical (unpaired) electrons. The number of nitrogens with zero attached hydrogens (tertiary/aromatic N) is 1. The molecule has 0 saturated heterocycles. The molecule has 2 amide bonds. The second kappa shape index (κ2) is 8.48. The molecular weight excluding hydrogens is 347 g/mol. The molecule has 0 atom stereocenters. The number of methoxy groups -OCH3 is 1. The highest BCUT2D eigenvalue weighted by Gasteiger charge is 2.15. The van der Waals surface area contributed by atoms with Gasteiger partial charge in [0.05, 0.1) is 12.8 Å². The third-order valence-corrected chi connectivity index (χ3v) is 3.73. The minimum Gasteiger partial charge on any atom is -0.495 e. The first kappa shape index (κ1) is 18.7. The van der Waals surface area contributed by atoms with Crippen LogP contribution in [0.2, 0.25) is 5.02 Å². The van der Waals surface area contributed by atoms with E-state index in [4.69, 9.17) is 16.3 Å². The number of nitrogens with one attached hydrogen (secondary N) is 1. The monoisotopic (exact) mass is 364 g/mol. The summed E-state index contributed by atoms with van der Waals surface area (Å²) in [5.41, 5.74) is 0.848. The van der Waals surface area contributed by atoms with Crippen molar-refractivity contribution in [2.75, 3.05) is 23.9 Å². The molecule has 0 aromatic heterocycles. The third-order valence-electron chi connectivity index (χ3n) is 3.50. The number of carbonyl (C=O) groups excluding carboxylic acids is 2. The van der Waals surface area contributed by atoms with E-state index in [1.54, 1.807) is 24.3 Å². The van der Waals surface area contributed by atoms with Gasteiger partial charge in [-0.2, -0.15) is 0 Å². The Balaban J connectivity index is 2.05. The smallest absolute Gasteiger partial charge is 0.226 e. The van der Waals surface area contributed by atoms with Crippen molar-refractivity contribution < 1.29 is 18.7 Å². The lowest BCUT2D eigenvalue weighted by atomic mass is 10.2. The summed E-state index contributed by atoms with van der Waals surface area (Å²) in [4.78, 5) is 25.3. The zero-order valence-electron chi connectivity index (χ0n) is 13.9. The van der Waals surface area contributed by atoms with Gasteiger partial charge in [-0.1, -0.05) is 17.7 Å². The molecule has 1 N–H and O–H groups in total. The van der Waals surface area contributed by atoms with Crippen LogP contribution in [0.5, 0.6) is 5.75 Å². The molecule has 0 heterocycles. The average Bonchev–Trinajstić information content (AvgIpc) is 2.55. The number of halogens is 2. The van der Waals surface area contributed by atoms with E-state index in [1.807, 2.05) is 0 Å². The van der Waals surface area contributed by atoms with Crippen LogP contribution in [-0.4, -0.2) is 25.5 Å². The van der Waals surface area contributed by atoms with E-state index in [0.29, 0.717) is 22.1 Å². The lowest BCUT2D eigenvalue weighted by Gasteiger charge is -2.21. The zero-order valence-corrected chi connectivity index (χ0v) is 14.6. The van der Waals surface area contributed by atoms with Gasteiger partial charge in [0.15, 0.2) is 0 Å². The van der Waals surface area contributed by atoms with Gasteiger partial charge >= 0.3 is 0 Å². The standard InChI is InChI=1S/C18H18ClFN2O3/c1-12(23)22(15-5-3-4-14(20)11-15)9-8-18(24)21-16-10-13(19)6-7-17(16)25-2/h3-7,10-11H,8-9H2,1-2H3,(H,21,24). The van der Waals surface area contributed by atoms with E-state index >= 15 is 0 Å². The molecule has 0 spiro atoms. The summed E-state index contributed by atoms with van der Waals surface area (Å²) in [5.74, 6) is -0.565. The highest BCUT2D eigenvalue weighted by atomic mass is 35.5. The van der Waals surface area contributed by atoms with E-state index < -0.39 is 5.82 Å². The Bertz CT molecular complexity index is 783. The number of rotatable bonds is 6. The number of ether oxygens (including phenoxy) is 1. The van der Waals surface area contributed by atoms with Gasteiger partial charge in [-0.15, -0.1) is 0 Å². The fraction of sp³-hybridized carbons (Fsp3) is 0.222. The number of hydrogen-bond donors (Lipinski definition) is 1. The van der Waals surface area contributed by atoms with Crippen molar-refractivity contribution in [1.29, 1.82) is 0 Å². The molecule has 5 nitrogen and oxygen atoms in total. The molecule has 2 aromatic carbocycles. The summed E-state index contributed by atoms with van der Waals surface area (Å²) < 4.78 is 18.5. The number of amides is 2. The average molecular weight is 365 g/mol. The molecule has 0 aliphatic carbocycles. The number of benzene rings is 2. The molecule has 0 aliphatic heterocycles. The van der Waals surface area contributed by atoms with Crippen LogP contribution in [0.1, 0.15) is 13.3 Å². The first-order chi connectivity index (χ1) is 11.9. The normalized spacial score (nSPS) is 10.2. The Morgan fingerprint density at radius 2 is 2.00 bits per heavy atom. The molecule has 0 fully saturated rings. The summed E-state index contributed by atoms with van der Waals surface area (Å²) in [6, 6.07) is 10.5. The van der Waals surface area contributed by atoms with Crippen LogP contribution in [0.3, 0.4) is 0 Å². The Morgan fingerprint density at radius 3 is 2.64 bits per heavy atom. The fourth-order valence-electron chi connectivity index (χ4n) is 2.32. The zero-order chi connectivity index (χ0) is 18.4. The molecule has 25 heavy (non-hydrogen) atoms. The highest BCUT2D eigenvalue weighted by Crippen LogP contribution is 2.27. The van der Waals surface area contributed by atoms with Crippen LogP contribution in [-0.2, 0) is 9.59 Å². The minimum atomic E-state index is -0.447. The quantitative estimate of drug-likeness (QED) is 0.846. The van der Waals surface area contributed by atoms with E-state index in [2.05, 4.69) is 5.32 Å².